The molecule has 2 heteroatoms. The van der Waals surface area contributed by atoms with Crippen LogP contribution in [0.2, 0.25) is 0 Å². The average Bonchev–Trinajstić information content (AvgIpc) is 2.90. The summed E-state index contributed by atoms with van der Waals surface area (Å²) in [6.45, 7) is 3.87. The van der Waals surface area contributed by atoms with Crippen molar-refractivity contribution >= 4 is 0 Å². The van der Waals surface area contributed by atoms with Crippen molar-refractivity contribution in [3.05, 3.63) is 35.4 Å². The summed E-state index contributed by atoms with van der Waals surface area (Å²) in [5, 5.41) is 3.73. The Kier molecular flexibility index (Phi) is 3.08. The molecule has 0 radical (unpaired) electrons. The number of piperidine rings is 1. The van der Waals surface area contributed by atoms with Gasteiger partial charge in [-0.05, 0) is 55.7 Å². The highest BCUT2D eigenvalue weighted by Crippen LogP contribution is 2.31. The van der Waals surface area contributed by atoms with E-state index in [1.54, 1.807) is 11.1 Å². The molecule has 1 N–H and O–H groups in total. The largest absolute Gasteiger partial charge is 0.312 e. The van der Waals surface area contributed by atoms with Crippen LogP contribution in [0.3, 0.4) is 0 Å². The van der Waals surface area contributed by atoms with Crippen molar-refractivity contribution in [2.75, 3.05) is 19.6 Å². The number of likely N-dealkylation sites (tertiary alicyclic amines) is 1. The molecule has 2 fully saturated rings. The molecule has 1 aliphatic carbocycles. The zero-order valence-corrected chi connectivity index (χ0v) is 11.6. The number of rotatable bonds is 1. The number of nitrogens with zero attached hydrogens (tertiary/aromatic N) is 1. The predicted molar refractivity (Wildman–Crippen MR) is 78.3 cm³/mol. The normalized spacial score (nSPS) is 34.8. The molecule has 4 rings (SSSR count). The zero-order valence-electron chi connectivity index (χ0n) is 11.6. The SMILES string of the molecule is c1ccc2c(c1)CCC(N1C[C@@H]3CCCN[C@@H]3C1)C2. The molecule has 2 heterocycles. The summed E-state index contributed by atoms with van der Waals surface area (Å²) >= 11 is 0. The fraction of sp³-hybridized carbons (Fsp3) is 0.647. The summed E-state index contributed by atoms with van der Waals surface area (Å²) in [5.74, 6) is 0.922. The first kappa shape index (κ1) is 11.9. The third kappa shape index (κ3) is 2.21. The van der Waals surface area contributed by atoms with Gasteiger partial charge in [-0.3, -0.25) is 4.90 Å². The van der Waals surface area contributed by atoms with Crippen LogP contribution in [0.4, 0.5) is 0 Å². The minimum atomic E-state index is 0.783. The smallest absolute Gasteiger partial charge is 0.0235 e. The van der Waals surface area contributed by atoms with Gasteiger partial charge in [-0.2, -0.15) is 0 Å². The maximum absolute atomic E-state index is 3.73. The van der Waals surface area contributed by atoms with Crippen molar-refractivity contribution in [1.29, 1.82) is 0 Å². The molecule has 2 saturated heterocycles. The molecule has 0 aromatic heterocycles. The number of aryl methyl sites for hydroxylation is 1. The molecule has 1 aromatic rings. The Labute approximate surface area is 116 Å². The van der Waals surface area contributed by atoms with Crippen LogP contribution < -0.4 is 5.32 Å². The summed E-state index contributed by atoms with van der Waals surface area (Å²) in [7, 11) is 0. The first-order valence-electron chi connectivity index (χ1n) is 7.94. The van der Waals surface area contributed by atoms with Crippen LogP contribution in [0.5, 0.6) is 0 Å². The molecule has 102 valence electrons. The van der Waals surface area contributed by atoms with Crippen molar-refractivity contribution in [3.8, 4) is 0 Å². The molecular formula is C17H24N2. The molecule has 3 atom stereocenters. The van der Waals surface area contributed by atoms with E-state index in [1.807, 2.05) is 0 Å². The minimum absolute atomic E-state index is 0.783. The third-order valence-electron chi connectivity index (χ3n) is 5.46. The van der Waals surface area contributed by atoms with Crippen LogP contribution in [0.25, 0.3) is 0 Å². The Hall–Kier alpha value is -0.860. The van der Waals surface area contributed by atoms with Crippen molar-refractivity contribution < 1.29 is 0 Å². The summed E-state index contributed by atoms with van der Waals surface area (Å²) < 4.78 is 0. The Morgan fingerprint density at radius 3 is 2.84 bits per heavy atom. The quantitative estimate of drug-likeness (QED) is 0.829. The van der Waals surface area contributed by atoms with Crippen LogP contribution >= 0.6 is 0 Å². The summed E-state index contributed by atoms with van der Waals surface area (Å²) in [6, 6.07) is 10.6. The highest BCUT2D eigenvalue weighted by molar-refractivity contribution is 5.30. The lowest BCUT2D eigenvalue weighted by Crippen LogP contribution is -2.42. The Bertz CT molecular complexity index is 442. The van der Waals surface area contributed by atoms with Gasteiger partial charge in [0, 0.05) is 25.2 Å². The van der Waals surface area contributed by atoms with E-state index in [0.717, 1.165) is 18.0 Å². The van der Waals surface area contributed by atoms with Crippen LogP contribution in [-0.4, -0.2) is 36.6 Å². The fourth-order valence-corrected chi connectivity index (χ4v) is 4.37. The van der Waals surface area contributed by atoms with Gasteiger partial charge in [0.05, 0.1) is 0 Å². The van der Waals surface area contributed by atoms with Gasteiger partial charge >= 0.3 is 0 Å². The average molecular weight is 256 g/mol. The van der Waals surface area contributed by atoms with Crippen molar-refractivity contribution in [3.63, 3.8) is 0 Å². The molecule has 1 unspecified atom stereocenters. The molecular weight excluding hydrogens is 232 g/mol. The summed E-state index contributed by atoms with van der Waals surface area (Å²) in [4.78, 5) is 2.78. The predicted octanol–water partition coefficient (Wildman–Crippen LogP) is 2.23. The number of nitrogens with one attached hydrogen (secondary N) is 1. The topological polar surface area (TPSA) is 15.3 Å². The highest BCUT2D eigenvalue weighted by Gasteiger charge is 2.37. The molecule has 3 aliphatic rings. The molecule has 19 heavy (non-hydrogen) atoms. The van der Waals surface area contributed by atoms with Crippen molar-refractivity contribution in [2.45, 2.75) is 44.2 Å². The van der Waals surface area contributed by atoms with Gasteiger partial charge in [-0.25, -0.2) is 0 Å². The second-order valence-electron chi connectivity index (χ2n) is 6.58. The van der Waals surface area contributed by atoms with Crippen LogP contribution in [0.15, 0.2) is 24.3 Å². The second-order valence-corrected chi connectivity index (χ2v) is 6.58. The number of hydrogen-bond donors (Lipinski definition) is 1. The third-order valence-corrected chi connectivity index (χ3v) is 5.46. The van der Waals surface area contributed by atoms with E-state index in [9.17, 15) is 0 Å². The van der Waals surface area contributed by atoms with Gasteiger partial charge in [0.25, 0.3) is 0 Å². The van der Waals surface area contributed by atoms with E-state index >= 15 is 0 Å². The number of fused-ring (bicyclic) bond motifs is 2. The Morgan fingerprint density at radius 1 is 1.05 bits per heavy atom. The van der Waals surface area contributed by atoms with Crippen LogP contribution in [0, 0.1) is 5.92 Å². The first-order valence-corrected chi connectivity index (χ1v) is 7.94. The first-order chi connectivity index (χ1) is 9.40. The summed E-state index contributed by atoms with van der Waals surface area (Å²) in [6.07, 6.45) is 6.73. The maximum Gasteiger partial charge on any atom is 0.0235 e. The van der Waals surface area contributed by atoms with E-state index in [1.165, 1.54) is 51.7 Å². The monoisotopic (exact) mass is 256 g/mol. The Balaban J connectivity index is 1.47. The fourth-order valence-electron chi connectivity index (χ4n) is 4.37. The molecule has 0 saturated carbocycles. The molecule has 0 amide bonds. The van der Waals surface area contributed by atoms with E-state index in [-0.39, 0.29) is 0 Å². The molecule has 2 aliphatic heterocycles. The highest BCUT2D eigenvalue weighted by atomic mass is 15.2. The molecule has 1 aromatic carbocycles. The van der Waals surface area contributed by atoms with Crippen LogP contribution in [0.1, 0.15) is 30.4 Å². The van der Waals surface area contributed by atoms with Gasteiger partial charge < -0.3 is 5.32 Å². The van der Waals surface area contributed by atoms with E-state index in [0.29, 0.717) is 0 Å². The molecule has 0 spiro atoms. The lowest BCUT2D eigenvalue weighted by atomic mass is 9.87. The molecule has 2 nitrogen and oxygen atoms in total. The standard InChI is InChI=1S/C17H24N2/c1-2-5-14-10-16(8-7-13(14)4-1)19-11-15-6-3-9-18-17(15)12-19/h1-2,4-5,15-18H,3,6-12H2/t15-,16?,17+/m0/s1. The van der Waals surface area contributed by atoms with Gasteiger partial charge in [0.2, 0.25) is 0 Å². The Morgan fingerprint density at radius 2 is 1.95 bits per heavy atom. The van der Waals surface area contributed by atoms with Crippen LogP contribution in [-0.2, 0) is 12.8 Å². The number of hydrogen-bond acceptors (Lipinski definition) is 2. The van der Waals surface area contributed by atoms with E-state index in [2.05, 4.69) is 34.5 Å². The maximum atomic E-state index is 3.73. The van der Waals surface area contributed by atoms with Gasteiger partial charge in [-0.1, -0.05) is 24.3 Å². The van der Waals surface area contributed by atoms with E-state index < -0.39 is 0 Å². The van der Waals surface area contributed by atoms with Gasteiger partial charge in [0.1, 0.15) is 0 Å². The lowest BCUT2D eigenvalue weighted by molar-refractivity contribution is 0.212. The summed E-state index contributed by atoms with van der Waals surface area (Å²) in [5.41, 5.74) is 3.19. The number of benzene rings is 1. The zero-order chi connectivity index (χ0) is 12.7. The van der Waals surface area contributed by atoms with Gasteiger partial charge in [-0.15, -0.1) is 0 Å². The van der Waals surface area contributed by atoms with Gasteiger partial charge in [0.15, 0.2) is 0 Å². The van der Waals surface area contributed by atoms with Crippen molar-refractivity contribution in [1.82, 2.24) is 10.2 Å². The second kappa shape index (κ2) is 4.92. The minimum Gasteiger partial charge on any atom is -0.312 e. The van der Waals surface area contributed by atoms with Crippen molar-refractivity contribution in [2.24, 2.45) is 5.92 Å². The molecule has 0 bridgehead atoms. The lowest BCUT2D eigenvalue weighted by Gasteiger charge is -2.32. The van der Waals surface area contributed by atoms with E-state index in [4.69, 9.17) is 0 Å².